The Kier molecular flexibility index (Phi) is 6.43. The van der Waals surface area contributed by atoms with E-state index in [0.29, 0.717) is 6.04 Å². The molecule has 0 atom stereocenters. The number of hydrogen-bond donors (Lipinski definition) is 1. The molecular formula is C18H26N2S. The van der Waals surface area contributed by atoms with E-state index in [0.717, 1.165) is 26.1 Å². The van der Waals surface area contributed by atoms with E-state index in [1.165, 1.54) is 16.0 Å². The molecule has 0 aliphatic rings. The fourth-order valence-electron chi connectivity index (χ4n) is 2.23. The lowest BCUT2D eigenvalue weighted by atomic mass is 10.1. The van der Waals surface area contributed by atoms with Gasteiger partial charge in [0.25, 0.3) is 0 Å². The Bertz CT molecular complexity index is 503. The van der Waals surface area contributed by atoms with Crippen molar-refractivity contribution < 1.29 is 0 Å². The van der Waals surface area contributed by atoms with Gasteiger partial charge in [-0.05, 0) is 36.0 Å². The number of likely N-dealkylation sites (N-methyl/N-ethyl adjacent to an activating group) is 1. The summed E-state index contributed by atoms with van der Waals surface area (Å²) in [6, 6.07) is 13.8. The predicted molar refractivity (Wildman–Crippen MR) is 92.8 cm³/mol. The quantitative estimate of drug-likeness (QED) is 0.795. The summed E-state index contributed by atoms with van der Waals surface area (Å²) in [5, 5.41) is 5.60. The van der Waals surface area contributed by atoms with Gasteiger partial charge < -0.3 is 10.2 Å². The third-order valence-electron chi connectivity index (χ3n) is 3.51. The molecule has 1 heterocycles. The standard InChI is InChI=1S/C18H26N2S/c1-15(2)19-13-16-6-8-17(9-7-16)14-20(3)11-10-18-5-4-12-21-18/h4-9,12,15,19H,10-11,13-14H2,1-3H3. The first-order valence-corrected chi connectivity index (χ1v) is 8.53. The molecule has 1 aromatic heterocycles. The summed E-state index contributed by atoms with van der Waals surface area (Å²) in [4.78, 5) is 3.86. The van der Waals surface area contributed by atoms with Crippen molar-refractivity contribution in [1.82, 2.24) is 10.2 Å². The summed E-state index contributed by atoms with van der Waals surface area (Å²) in [6.07, 6.45) is 1.14. The minimum atomic E-state index is 0.535. The van der Waals surface area contributed by atoms with Gasteiger partial charge in [-0.2, -0.15) is 0 Å². The molecule has 0 bridgehead atoms. The first-order chi connectivity index (χ1) is 10.1. The van der Waals surface area contributed by atoms with E-state index >= 15 is 0 Å². The molecule has 0 aliphatic heterocycles. The highest BCUT2D eigenvalue weighted by atomic mass is 32.1. The number of rotatable bonds is 8. The first-order valence-electron chi connectivity index (χ1n) is 7.65. The molecule has 2 rings (SSSR count). The van der Waals surface area contributed by atoms with E-state index < -0.39 is 0 Å². The second-order valence-electron chi connectivity index (χ2n) is 5.92. The van der Waals surface area contributed by atoms with Gasteiger partial charge in [0.1, 0.15) is 0 Å². The van der Waals surface area contributed by atoms with Gasteiger partial charge in [0.2, 0.25) is 0 Å². The van der Waals surface area contributed by atoms with Crippen LogP contribution in [0.1, 0.15) is 29.9 Å². The van der Waals surface area contributed by atoms with Gasteiger partial charge >= 0.3 is 0 Å². The Balaban J connectivity index is 1.76. The zero-order valence-corrected chi connectivity index (χ0v) is 14.1. The molecule has 0 radical (unpaired) electrons. The van der Waals surface area contributed by atoms with Crippen molar-refractivity contribution in [3.8, 4) is 0 Å². The van der Waals surface area contributed by atoms with Crippen LogP contribution in [0.25, 0.3) is 0 Å². The molecule has 0 amide bonds. The average molecular weight is 302 g/mol. The van der Waals surface area contributed by atoms with Crippen molar-refractivity contribution in [2.24, 2.45) is 0 Å². The fraction of sp³-hybridized carbons (Fsp3) is 0.444. The van der Waals surface area contributed by atoms with Gasteiger partial charge in [0.05, 0.1) is 0 Å². The fourth-order valence-corrected chi connectivity index (χ4v) is 2.93. The Hall–Kier alpha value is -1.16. The topological polar surface area (TPSA) is 15.3 Å². The van der Waals surface area contributed by atoms with Crippen LogP contribution < -0.4 is 5.32 Å². The molecule has 1 N–H and O–H groups in total. The third kappa shape index (κ3) is 6.00. The van der Waals surface area contributed by atoms with Gasteiger partial charge in [-0.1, -0.05) is 44.2 Å². The minimum absolute atomic E-state index is 0.535. The Labute approximate surface area is 132 Å². The summed E-state index contributed by atoms with van der Waals surface area (Å²) in [7, 11) is 2.20. The van der Waals surface area contributed by atoms with Crippen molar-refractivity contribution in [1.29, 1.82) is 0 Å². The summed E-state index contributed by atoms with van der Waals surface area (Å²) in [5.74, 6) is 0. The van der Waals surface area contributed by atoms with E-state index in [1.807, 2.05) is 11.3 Å². The van der Waals surface area contributed by atoms with E-state index in [9.17, 15) is 0 Å². The number of hydrogen-bond acceptors (Lipinski definition) is 3. The largest absolute Gasteiger partial charge is 0.310 e. The van der Waals surface area contributed by atoms with Crippen LogP contribution in [-0.4, -0.2) is 24.5 Å². The molecule has 3 heteroatoms. The van der Waals surface area contributed by atoms with E-state index in [1.54, 1.807) is 0 Å². The van der Waals surface area contributed by atoms with E-state index in [-0.39, 0.29) is 0 Å². The van der Waals surface area contributed by atoms with Crippen molar-refractivity contribution in [3.05, 3.63) is 57.8 Å². The van der Waals surface area contributed by atoms with Gasteiger partial charge in [0, 0.05) is 30.6 Å². The molecule has 2 nitrogen and oxygen atoms in total. The molecule has 0 fully saturated rings. The maximum absolute atomic E-state index is 3.45. The highest BCUT2D eigenvalue weighted by molar-refractivity contribution is 7.09. The van der Waals surface area contributed by atoms with Crippen LogP contribution in [0.2, 0.25) is 0 Å². The lowest BCUT2D eigenvalue weighted by Crippen LogP contribution is -2.22. The number of nitrogens with one attached hydrogen (secondary N) is 1. The van der Waals surface area contributed by atoms with Crippen LogP contribution in [0.4, 0.5) is 0 Å². The number of nitrogens with zero attached hydrogens (tertiary/aromatic N) is 1. The Morgan fingerprint density at radius 2 is 1.81 bits per heavy atom. The first kappa shape index (κ1) is 16.2. The predicted octanol–water partition coefficient (Wildman–Crippen LogP) is 3.92. The molecule has 114 valence electrons. The molecule has 0 spiro atoms. The molecular weight excluding hydrogens is 276 g/mol. The number of benzene rings is 1. The normalized spacial score (nSPS) is 11.5. The highest BCUT2D eigenvalue weighted by Gasteiger charge is 2.02. The molecule has 0 unspecified atom stereocenters. The van der Waals surface area contributed by atoms with Gasteiger partial charge in [-0.15, -0.1) is 11.3 Å². The lowest BCUT2D eigenvalue weighted by molar-refractivity contribution is 0.332. The van der Waals surface area contributed by atoms with Crippen LogP contribution in [0.15, 0.2) is 41.8 Å². The average Bonchev–Trinajstić information content (AvgIpc) is 2.98. The monoisotopic (exact) mass is 302 g/mol. The minimum Gasteiger partial charge on any atom is -0.310 e. The van der Waals surface area contributed by atoms with Gasteiger partial charge in [0.15, 0.2) is 0 Å². The zero-order valence-electron chi connectivity index (χ0n) is 13.3. The Morgan fingerprint density at radius 1 is 1.10 bits per heavy atom. The molecule has 0 aliphatic carbocycles. The van der Waals surface area contributed by atoms with E-state index in [4.69, 9.17) is 0 Å². The summed E-state index contributed by atoms with van der Waals surface area (Å²) in [5.41, 5.74) is 2.74. The smallest absolute Gasteiger partial charge is 0.0230 e. The molecule has 21 heavy (non-hydrogen) atoms. The van der Waals surface area contributed by atoms with Crippen LogP contribution in [0, 0.1) is 0 Å². The SMILES string of the molecule is CC(C)NCc1ccc(CN(C)CCc2cccs2)cc1. The van der Waals surface area contributed by atoms with Gasteiger partial charge in [-0.25, -0.2) is 0 Å². The second kappa shape index (κ2) is 8.32. The second-order valence-corrected chi connectivity index (χ2v) is 6.95. The molecule has 2 aromatic rings. The summed E-state index contributed by atoms with van der Waals surface area (Å²) >= 11 is 1.85. The van der Waals surface area contributed by atoms with Crippen molar-refractivity contribution in [2.75, 3.05) is 13.6 Å². The zero-order chi connectivity index (χ0) is 15.1. The van der Waals surface area contributed by atoms with Crippen molar-refractivity contribution >= 4 is 11.3 Å². The maximum atomic E-state index is 3.45. The number of thiophene rings is 1. The van der Waals surface area contributed by atoms with Crippen molar-refractivity contribution in [2.45, 2.75) is 39.4 Å². The van der Waals surface area contributed by atoms with Crippen LogP contribution in [-0.2, 0) is 19.5 Å². The lowest BCUT2D eigenvalue weighted by Gasteiger charge is -2.16. The van der Waals surface area contributed by atoms with Crippen LogP contribution >= 0.6 is 11.3 Å². The summed E-state index contributed by atoms with van der Waals surface area (Å²) < 4.78 is 0. The highest BCUT2D eigenvalue weighted by Crippen LogP contribution is 2.11. The Morgan fingerprint density at radius 3 is 2.43 bits per heavy atom. The third-order valence-corrected chi connectivity index (χ3v) is 4.45. The summed E-state index contributed by atoms with van der Waals surface area (Å²) in [6.45, 7) is 7.43. The molecule has 0 saturated heterocycles. The van der Waals surface area contributed by atoms with Crippen LogP contribution in [0.5, 0.6) is 0 Å². The maximum Gasteiger partial charge on any atom is 0.0230 e. The van der Waals surface area contributed by atoms with Crippen molar-refractivity contribution in [3.63, 3.8) is 0 Å². The molecule has 1 aromatic carbocycles. The van der Waals surface area contributed by atoms with Gasteiger partial charge in [-0.3, -0.25) is 0 Å². The van der Waals surface area contributed by atoms with Crippen LogP contribution in [0.3, 0.4) is 0 Å². The van der Waals surface area contributed by atoms with E-state index in [2.05, 4.69) is 72.9 Å². The molecule has 0 saturated carbocycles.